The van der Waals surface area contributed by atoms with Gasteiger partial charge < -0.3 is 10.4 Å². The summed E-state index contributed by atoms with van der Waals surface area (Å²) in [6.45, 7) is 2.18. The summed E-state index contributed by atoms with van der Waals surface area (Å²) in [4.78, 5) is 12.0. The van der Waals surface area contributed by atoms with Crippen LogP contribution in [0.5, 0.6) is 5.75 Å². The van der Waals surface area contributed by atoms with Gasteiger partial charge in [0.05, 0.1) is 6.42 Å². The number of hydrogen-bond donors (Lipinski definition) is 2. The van der Waals surface area contributed by atoms with E-state index in [1.807, 2.05) is 17.8 Å². The summed E-state index contributed by atoms with van der Waals surface area (Å²) < 4.78 is 0. The Balaban J connectivity index is 1.81. The molecule has 1 aliphatic rings. The number of aromatic hydroxyl groups is 1. The number of para-hydroxylation sites is 1. The zero-order valence-electron chi connectivity index (χ0n) is 11.3. The van der Waals surface area contributed by atoms with E-state index in [9.17, 15) is 9.90 Å². The number of rotatable bonds is 5. The number of phenolic OH excluding ortho intramolecular Hbond substituents is 1. The molecule has 1 aliphatic carbocycles. The summed E-state index contributed by atoms with van der Waals surface area (Å²) in [6.07, 6.45) is 3.60. The third-order valence-corrected chi connectivity index (χ3v) is 4.73. The van der Waals surface area contributed by atoms with Crippen LogP contribution in [0.15, 0.2) is 24.3 Å². The fourth-order valence-electron chi connectivity index (χ4n) is 2.57. The Morgan fingerprint density at radius 2 is 2.21 bits per heavy atom. The first-order chi connectivity index (χ1) is 9.19. The lowest BCUT2D eigenvalue weighted by atomic mass is 10.1. The van der Waals surface area contributed by atoms with Crippen molar-refractivity contribution >= 4 is 17.7 Å². The molecule has 1 aromatic carbocycles. The largest absolute Gasteiger partial charge is 0.508 e. The fraction of sp³-hybridized carbons (Fsp3) is 0.533. The molecule has 3 nitrogen and oxygen atoms in total. The summed E-state index contributed by atoms with van der Waals surface area (Å²) in [5.74, 6) is 1.35. The van der Waals surface area contributed by atoms with E-state index in [2.05, 4.69) is 12.2 Å². The summed E-state index contributed by atoms with van der Waals surface area (Å²) in [5, 5.41) is 13.4. The van der Waals surface area contributed by atoms with E-state index in [0.29, 0.717) is 16.9 Å². The minimum atomic E-state index is 0.00801. The summed E-state index contributed by atoms with van der Waals surface area (Å²) >= 11 is 1.98. The fourth-order valence-corrected chi connectivity index (χ4v) is 3.71. The second-order valence-electron chi connectivity index (χ2n) is 4.96. The molecule has 1 amide bonds. The Kier molecular flexibility index (Phi) is 5.14. The molecule has 0 spiro atoms. The molecule has 1 aromatic rings. The van der Waals surface area contributed by atoms with E-state index in [-0.39, 0.29) is 18.1 Å². The van der Waals surface area contributed by atoms with E-state index in [0.717, 1.165) is 18.6 Å². The molecule has 104 valence electrons. The van der Waals surface area contributed by atoms with Gasteiger partial charge in [-0.25, -0.2) is 0 Å². The summed E-state index contributed by atoms with van der Waals surface area (Å²) in [5.41, 5.74) is 0.692. The molecule has 0 aliphatic heterocycles. The van der Waals surface area contributed by atoms with Gasteiger partial charge in [-0.3, -0.25) is 4.79 Å². The molecular weight excluding hydrogens is 258 g/mol. The monoisotopic (exact) mass is 279 g/mol. The topological polar surface area (TPSA) is 49.3 Å². The Morgan fingerprint density at radius 1 is 1.42 bits per heavy atom. The lowest BCUT2D eigenvalue weighted by Crippen LogP contribution is -2.34. The number of benzene rings is 1. The van der Waals surface area contributed by atoms with Crippen LogP contribution in [-0.4, -0.2) is 28.1 Å². The van der Waals surface area contributed by atoms with E-state index in [1.54, 1.807) is 18.2 Å². The maximum Gasteiger partial charge on any atom is 0.224 e. The predicted octanol–water partition coefficient (Wildman–Crippen LogP) is 2.73. The smallest absolute Gasteiger partial charge is 0.224 e. The normalized spacial score (nSPS) is 22.4. The molecule has 1 fully saturated rings. The molecule has 4 heteroatoms. The van der Waals surface area contributed by atoms with Gasteiger partial charge in [-0.1, -0.05) is 25.1 Å². The maximum absolute atomic E-state index is 12.0. The molecular formula is C15H21NO2S. The number of carbonyl (C=O) groups excluding carboxylic acids is 1. The van der Waals surface area contributed by atoms with Crippen molar-refractivity contribution < 1.29 is 9.90 Å². The molecule has 0 bridgehead atoms. The predicted molar refractivity (Wildman–Crippen MR) is 79.5 cm³/mol. The Hall–Kier alpha value is -1.16. The molecule has 2 N–H and O–H groups in total. The van der Waals surface area contributed by atoms with Crippen molar-refractivity contribution in [2.75, 3.05) is 5.75 Å². The van der Waals surface area contributed by atoms with Gasteiger partial charge >= 0.3 is 0 Å². The standard InChI is InChI=1S/C15H21NO2S/c1-2-19-13-8-7-12(10-13)16-15(18)9-11-5-3-4-6-14(11)17/h3-6,12-13,17H,2,7-10H2,1H3,(H,16,18)/t12-,13-/m1/s1. The lowest BCUT2D eigenvalue weighted by molar-refractivity contribution is -0.121. The van der Waals surface area contributed by atoms with Crippen LogP contribution in [0.3, 0.4) is 0 Å². The molecule has 0 radical (unpaired) electrons. The van der Waals surface area contributed by atoms with Gasteiger partial charge in [-0.2, -0.15) is 11.8 Å². The van der Waals surface area contributed by atoms with Crippen LogP contribution in [0.1, 0.15) is 31.7 Å². The van der Waals surface area contributed by atoms with Gasteiger partial charge in [-0.15, -0.1) is 0 Å². The number of carbonyl (C=O) groups is 1. The minimum absolute atomic E-state index is 0.00801. The molecule has 2 atom stereocenters. The first-order valence-corrected chi connectivity index (χ1v) is 7.91. The number of thioether (sulfide) groups is 1. The van der Waals surface area contributed by atoms with Crippen LogP contribution >= 0.6 is 11.8 Å². The molecule has 0 unspecified atom stereocenters. The van der Waals surface area contributed by atoms with E-state index >= 15 is 0 Å². The van der Waals surface area contributed by atoms with Gasteiger partial charge in [0.2, 0.25) is 5.91 Å². The highest BCUT2D eigenvalue weighted by atomic mass is 32.2. The minimum Gasteiger partial charge on any atom is -0.508 e. The second-order valence-corrected chi connectivity index (χ2v) is 6.54. The van der Waals surface area contributed by atoms with Gasteiger partial charge in [-0.05, 0) is 31.1 Å². The van der Waals surface area contributed by atoms with E-state index < -0.39 is 0 Å². The Bertz CT molecular complexity index is 436. The third-order valence-electron chi connectivity index (χ3n) is 3.49. The highest BCUT2D eigenvalue weighted by molar-refractivity contribution is 7.99. The third kappa shape index (κ3) is 4.16. The maximum atomic E-state index is 12.0. The lowest BCUT2D eigenvalue weighted by Gasteiger charge is -2.13. The number of phenols is 1. The van der Waals surface area contributed by atoms with Crippen LogP contribution in [0.4, 0.5) is 0 Å². The average Bonchev–Trinajstić information content (AvgIpc) is 2.80. The van der Waals surface area contributed by atoms with Crippen molar-refractivity contribution in [3.63, 3.8) is 0 Å². The average molecular weight is 279 g/mol. The van der Waals surface area contributed by atoms with Crippen LogP contribution < -0.4 is 5.32 Å². The highest BCUT2D eigenvalue weighted by Crippen LogP contribution is 2.29. The van der Waals surface area contributed by atoms with Crippen LogP contribution in [-0.2, 0) is 11.2 Å². The van der Waals surface area contributed by atoms with E-state index in [1.165, 1.54) is 6.42 Å². The van der Waals surface area contributed by atoms with Crippen LogP contribution in [0.25, 0.3) is 0 Å². The SMILES string of the molecule is CCS[C@@H]1CC[C@@H](NC(=O)Cc2ccccc2O)C1. The molecule has 1 saturated carbocycles. The van der Waals surface area contributed by atoms with Crippen molar-refractivity contribution in [3.05, 3.63) is 29.8 Å². The van der Waals surface area contributed by atoms with Crippen LogP contribution in [0.2, 0.25) is 0 Å². The van der Waals surface area contributed by atoms with Crippen molar-refractivity contribution in [3.8, 4) is 5.75 Å². The number of amides is 1. The van der Waals surface area contributed by atoms with E-state index in [4.69, 9.17) is 0 Å². The van der Waals surface area contributed by atoms with Crippen molar-refractivity contribution in [2.24, 2.45) is 0 Å². The second kappa shape index (κ2) is 6.85. The Morgan fingerprint density at radius 3 is 2.95 bits per heavy atom. The number of nitrogens with one attached hydrogen (secondary N) is 1. The quantitative estimate of drug-likeness (QED) is 0.871. The Labute approximate surface area is 118 Å². The first-order valence-electron chi connectivity index (χ1n) is 6.87. The van der Waals surface area contributed by atoms with Gasteiger partial charge in [0.25, 0.3) is 0 Å². The highest BCUT2D eigenvalue weighted by Gasteiger charge is 2.25. The van der Waals surface area contributed by atoms with Gasteiger partial charge in [0.15, 0.2) is 0 Å². The molecule has 19 heavy (non-hydrogen) atoms. The molecule has 2 rings (SSSR count). The zero-order valence-corrected chi connectivity index (χ0v) is 12.1. The number of hydrogen-bond acceptors (Lipinski definition) is 3. The molecule has 0 aromatic heterocycles. The van der Waals surface area contributed by atoms with Crippen molar-refractivity contribution in [1.29, 1.82) is 0 Å². The molecule has 0 saturated heterocycles. The van der Waals surface area contributed by atoms with Crippen molar-refractivity contribution in [2.45, 2.75) is 43.9 Å². The molecule has 0 heterocycles. The van der Waals surface area contributed by atoms with Crippen molar-refractivity contribution in [1.82, 2.24) is 5.32 Å². The van der Waals surface area contributed by atoms with Crippen LogP contribution in [0, 0.1) is 0 Å². The summed E-state index contributed by atoms with van der Waals surface area (Å²) in [7, 11) is 0. The van der Waals surface area contributed by atoms with Gasteiger partial charge in [0, 0.05) is 16.9 Å². The first kappa shape index (κ1) is 14.3. The zero-order chi connectivity index (χ0) is 13.7. The van der Waals surface area contributed by atoms with Gasteiger partial charge in [0.1, 0.15) is 5.75 Å². The summed E-state index contributed by atoms with van der Waals surface area (Å²) in [6, 6.07) is 7.32.